The molecule has 1 aromatic heterocycles. The Morgan fingerprint density at radius 3 is 2.44 bits per heavy atom. The number of likely N-dealkylation sites (N-methyl/N-ethyl adjacent to an activating group) is 1. The van der Waals surface area contributed by atoms with E-state index in [1.807, 2.05) is 13.8 Å². The minimum atomic E-state index is -4.45. The summed E-state index contributed by atoms with van der Waals surface area (Å²) >= 11 is 0. The summed E-state index contributed by atoms with van der Waals surface area (Å²) in [6.45, 7) is 3.51. The van der Waals surface area contributed by atoms with Crippen LogP contribution >= 0.6 is 0 Å². The highest BCUT2D eigenvalue weighted by Gasteiger charge is 2.35. The monoisotopic (exact) mass is 262 g/mol. The molecular weight excluding hydrogens is 245 g/mol. The lowest BCUT2D eigenvalue weighted by Crippen LogP contribution is -2.25. The number of anilines is 1. The molecule has 0 unspecified atom stereocenters. The first-order valence-corrected chi connectivity index (χ1v) is 5.66. The topological polar surface area (TPSA) is 36.4 Å². The number of aromatic nitrogens is 1. The van der Waals surface area contributed by atoms with Crippen molar-refractivity contribution >= 4 is 5.82 Å². The van der Waals surface area contributed by atoms with Gasteiger partial charge in [0, 0.05) is 19.8 Å². The van der Waals surface area contributed by atoms with Crippen LogP contribution in [0.15, 0.2) is 12.3 Å². The van der Waals surface area contributed by atoms with E-state index in [1.54, 1.807) is 0 Å². The minimum Gasteiger partial charge on any atom is -0.395 e. The Morgan fingerprint density at radius 1 is 1.39 bits per heavy atom. The largest absolute Gasteiger partial charge is 0.419 e. The molecule has 1 rings (SSSR count). The molecule has 0 bridgehead atoms. The average Bonchev–Trinajstić information content (AvgIpc) is 2.27. The van der Waals surface area contributed by atoms with Crippen LogP contribution in [0.1, 0.15) is 30.9 Å². The molecule has 6 heteroatoms. The van der Waals surface area contributed by atoms with Gasteiger partial charge in [-0.15, -0.1) is 0 Å². The molecule has 0 saturated heterocycles. The summed E-state index contributed by atoms with van der Waals surface area (Å²) in [4.78, 5) is 5.18. The molecule has 18 heavy (non-hydrogen) atoms. The zero-order valence-corrected chi connectivity index (χ0v) is 10.6. The van der Waals surface area contributed by atoms with Crippen molar-refractivity contribution in [1.82, 2.24) is 4.98 Å². The van der Waals surface area contributed by atoms with E-state index in [2.05, 4.69) is 4.98 Å². The van der Waals surface area contributed by atoms with Crippen LogP contribution in [-0.4, -0.2) is 30.3 Å². The van der Waals surface area contributed by atoms with Crippen molar-refractivity contribution in [2.75, 3.05) is 25.1 Å². The van der Waals surface area contributed by atoms with E-state index < -0.39 is 11.7 Å². The van der Waals surface area contributed by atoms with Crippen LogP contribution in [0.5, 0.6) is 0 Å². The van der Waals surface area contributed by atoms with Crippen LogP contribution < -0.4 is 4.90 Å². The highest BCUT2D eigenvalue weighted by Crippen LogP contribution is 2.36. The Balaban J connectivity index is 3.25. The molecule has 0 spiro atoms. The summed E-state index contributed by atoms with van der Waals surface area (Å²) in [5, 5.41) is 8.78. The Morgan fingerprint density at radius 2 is 2.00 bits per heavy atom. The first-order valence-electron chi connectivity index (χ1n) is 5.66. The van der Waals surface area contributed by atoms with E-state index >= 15 is 0 Å². The molecule has 0 amide bonds. The number of alkyl halides is 3. The third-order valence-electron chi connectivity index (χ3n) is 2.66. The summed E-state index contributed by atoms with van der Waals surface area (Å²) in [6.07, 6.45) is -3.00. The average molecular weight is 262 g/mol. The highest BCUT2D eigenvalue weighted by molar-refractivity contribution is 5.49. The van der Waals surface area contributed by atoms with E-state index in [1.165, 1.54) is 18.1 Å². The van der Waals surface area contributed by atoms with Gasteiger partial charge in [0.1, 0.15) is 5.82 Å². The van der Waals surface area contributed by atoms with Gasteiger partial charge in [-0.1, -0.05) is 13.8 Å². The Kier molecular flexibility index (Phi) is 4.56. The quantitative estimate of drug-likeness (QED) is 0.906. The summed E-state index contributed by atoms with van der Waals surface area (Å²) in [6, 6.07) is 1.13. The summed E-state index contributed by atoms with van der Waals surface area (Å²) in [7, 11) is 1.48. The smallest absolute Gasteiger partial charge is 0.395 e. The molecule has 1 aromatic rings. The molecule has 1 N–H and O–H groups in total. The number of hydrogen-bond donors (Lipinski definition) is 1. The van der Waals surface area contributed by atoms with Crippen molar-refractivity contribution < 1.29 is 18.3 Å². The number of pyridine rings is 1. The molecule has 0 saturated carbocycles. The maximum absolute atomic E-state index is 13.0. The van der Waals surface area contributed by atoms with Crippen molar-refractivity contribution in [3.8, 4) is 0 Å². The fourth-order valence-electron chi connectivity index (χ4n) is 1.56. The maximum Gasteiger partial charge on any atom is 0.419 e. The molecular formula is C12H17F3N2O. The Labute approximate surface area is 104 Å². The fraction of sp³-hybridized carbons (Fsp3) is 0.583. The molecule has 102 valence electrons. The van der Waals surface area contributed by atoms with Crippen molar-refractivity contribution in [3.63, 3.8) is 0 Å². The zero-order chi connectivity index (χ0) is 13.9. The third-order valence-corrected chi connectivity index (χ3v) is 2.66. The van der Waals surface area contributed by atoms with E-state index in [0.717, 1.165) is 6.07 Å². The van der Waals surface area contributed by atoms with Crippen molar-refractivity contribution in [2.24, 2.45) is 0 Å². The van der Waals surface area contributed by atoms with Gasteiger partial charge in [0.15, 0.2) is 0 Å². The van der Waals surface area contributed by atoms with Crippen LogP contribution in [0.25, 0.3) is 0 Å². The standard InChI is InChI=1S/C12H17F3N2O/c1-8(2)9-6-10(12(13,14)15)11(16-7-9)17(3)4-5-18/h6-8,18H,4-5H2,1-3H3. The van der Waals surface area contributed by atoms with Gasteiger partial charge in [-0.3, -0.25) is 0 Å². The Hall–Kier alpha value is -1.30. The number of rotatable bonds is 4. The molecule has 0 aliphatic carbocycles. The zero-order valence-electron chi connectivity index (χ0n) is 10.6. The van der Waals surface area contributed by atoms with Crippen LogP contribution in [0.2, 0.25) is 0 Å². The summed E-state index contributed by atoms with van der Waals surface area (Å²) in [5.74, 6) is -0.170. The first kappa shape index (κ1) is 14.8. The van der Waals surface area contributed by atoms with Crippen molar-refractivity contribution in [2.45, 2.75) is 25.9 Å². The summed E-state index contributed by atoms with van der Waals surface area (Å²) < 4.78 is 38.9. The number of aliphatic hydroxyl groups is 1. The number of nitrogens with zero attached hydrogens (tertiary/aromatic N) is 2. The fourth-order valence-corrected chi connectivity index (χ4v) is 1.56. The van der Waals surface area contributed by atoms with Crippen molar-refractivity contribution in [1.29, 1.82) is 0 Å². The van der Waals surface area contributed by atoms with Gasteiger partial charge >= 0.3 is 6.18 Å². The molecule has 0 aliphatic heterocycles. The second kappa shape index (κ2) is 5.56. The molecule has 0 fully saturated rings. The van der Waals surface area contributed by atoms with Gasteiger partial charge in [-0.2, -0.15) is 13.2 Å². The molecule has 0 aromatic carbocycles. The number of halogens is 3. The molecule has 0 radical (unpaired) electrons. The molecule has 0 aliphatic rings. The van der Waals surface area contributed by atoms with E-state index in [9.17, 15) is 13.2 Å². The van der Waals surface area contributed by atoms with Gasteiger partial charge in [-0.05, 0) is 17.5 Å². The van der Waals surface area contributed by atoms with Gasteiger partial charge in [0.05, 0.1) is 12.2 Å². The van der Waals surface area contributed by atoms with Gasteiger partial charge in [-0.25, -0.2) is 4.98 Å². The molecule has 1 heterocycles. The van der Waals surface area contributed by atoms with Gasteiger partial charge < -0.3 is 10.0 Å². The SMILES string of the molecule is CC(C)c1cnc(N(C)CCO)c(C(F)(F)F)c1. The predicted molar refractivity (Wildman–Crippen MR) is 63.7 cm³/mol. The van der Waals surface area contributed by atoms with Gasteiger partial charge in [0.25, 0.3) is 0 Å². The minimum absolute atomic E-state index is 0.0178. The van der Waals surface area contributed by atoms with Gasteiger partial charge in [0.2, 0.25) is 0 Å². The van der Waals surface area contributed by atoms with Crippen LogP contribution in [-0.2, 0) is 6.18 Å². The lowest BCUT2D eigenvalue weighted by Gasteiger charge is -2.22. The second-order valence-corrected chi connectivity index (χ2v) is 4.44. The van der Waals surface area contributed by atoms with Crippen LogP contribution in [0.3, 0.4) is 0 Å². The molecule has 3 nitrogen and oxygen atoms in total. The highest BCUT2D eigenvalue weighted by atomic mass is 19.4. The van der Waals surface area contributed by atoms with E-state index in [0.29, 0.717) is 5.56 Å². The van der Waals surface area contributed by atoms with Crippen LogP contribution in [0, 0.1) is 0 Å². The van der Waals surface area contributed by atoms with Crippen molar-refractivity contribution in [3.05, 3.63) is 23.4 Å². The third kappa shape index (κ3) is 3.35. The number of aliphatic hydroxyl groups excluding tert-OH is 1. The summed E-state index contributed by atoms with van der Waals surface area (Å²) in [5.41, 5.74) is -0.215. The van der Waals surface area contributed by atoms with E-state index in [-0.39, 0.29) is 24.9 Å². The second-order valence-electron chi connectivity index (χ2n) is 4.44. The maximum atomic E-state index is 13.0. The Bertz CT molecular complexity index is 405. The lowest BCUT2D eigenvalue weighted by atomic mass is 10.0. The van der Waals surface area contributed by atoms with Crippen LogP contribution in [0.4, 0.5) is 19.0 Å². The number of hydrogen-bond acceptors (Lipinski definition) is 3. The molecule has 0 atom stereocenters. The lowest BCUT2D eigenvalue weighted by molar-refractivity contribution is -0.137. The van der Waals surface area contributed by atoms with E-state index in [4.69, 9.17) is 5.11 Å². The predicted octanol–water partition coefficient (Wildman–Crippen LogP) is 2.65. The first-order chi connectivity index (χ1) is 8.27. The normalized spacial score (nSPS) is 12.0.